The largest absolute Gasteiger partial charge is 0.338 e. The highest BCUT2D eigenvalue weighted by atomic mass is 16.1. The predicted molar refractivity (Wildman–Crippen MR) is 121 cm³/mol. The number of carbonyl (C=O) groups is 1. The number of rotatable bonds is 2. The molecule has 2 N–H and O–H groups in total. The first-order valence-corrected chi connectivity index (χ1v) is 9.74. The third-order valence-corrected chi connectivity index (χ3v) is 5.40. The average Bonchev–Trinajstić information content (AvgIpc) is 3.14. The molecule has 0 radical (unpaired) electrons. The maximum atomic E-state index is 13.0. The first-order valence-electron chi connectivity index (χ1n) is 9.74. The van der Waals surface area contributed by atoms with Crippen LogP contribution in [0.2, 0.25) is 0 Å². The van der Waals surface area contributed by atoms with Gasteiger partial charge in [-0.1, -0.05) is 48.5 Å². The monoisotopic (exact) mass is 388 g/mol. The molecule has 0 fully saturated rings. The van der Waals surface area contributed by atoms with E-state index in [1.54, 1.807) is 0 Å². The molecule has 0 unspecified atom stereocenters. The second kappa shape index (κ2) is 6.39. The van der Waals surface area contributed by atoms with E-state index >= 15 is 0 Å². The number of carbonyl (C=O) groups excluding carboxylic acids is 1. The number of benzene rings is 4. The Kier molecular flexibility index (Phi) is 3.55. The van der Waals surface area contributed by atoms with E-state index in [0.717, 1.165) is 49.6 Å². The van der Waals surface area contributed by atoms with Crippen LogP contribution in [0, 0.1) is 0 Å². The Hall–Kier alpha value is -4.25. The minimum atomic E-state index is -0.156. The first kappa shape index (κ1) is 16.7. The standard InChI is InChI=1S/C25H16N4O/c30-25(29-19-11-5-7-15-6-1-2-8-17(15)19)16-12-13-20-18(14-16)23-24(27-20)28-22-10-4-3-9-21(22)26-23/h1-14H,(H,27,28)(H,29,30). The van der Waals surface area contributed by atoms with E-state index in [-0.39, 0.29) is 5.91 Å². The summed E-state index contributed by atoms with van der Waals surface area (Å²) in [6, 6.07) is 27.3. The van der Waals surface area contributed by atoms with Gasteiger partial charge in [0.15, 0.2) is 5.65 Å². The van der Waals surface area contributed by atoms with Gasteiger partial charge in [-0.3, -0.25) is 4.79 Å². The van der Waals surface area contributed by atoms with E-state index in [2.05, 4.69) is 15.3 Å². The normalized spacial score (nSPS) is 11.5. The van der Waals surface area contributed by atoms with Crippen molar-refractivity contribution in [2.45, 2.75) is 0 Å². The summed E-state index contributed by atoms with van der Waals surface area (Å²) in [5.41, 5.74) is 5.43. The number of anilines is 1. The van der Waals surface area contributed by atoms with Crippen LogP contribution in [0.25, 0.3) is 43.9 Å². The molecule has 0 aliphatic rings. The number of fused-ring (bicyclic) bond motifs is 5. The molecule has 4 aromatic carbocycles. The number of nitrogens with zero attached hydrogens (tertiary/aromatic N) is 2. The highest BCUT2D eigenvalue weighted by Crippen LogP contribution is 2.27. The molecule has 1 amide bonds. The van der Waals surface area contributed by atoms with Crippen molar-refractivity contribution in [3.8, 4) is 0 Å². The van der Waals surface area contributed by atoms with Crippen molar-refractivity contribution in [2.75, 3.05) is 5.32 Å². The number of hydrogen-bond acceptors (Lipinski definition) is 3. The molecule has 6 rings (SSSR count). The lowest BCUT2D eigenvalue weighted by Gasteiger charge is -2.09. The van der Waals surface area contributed by atoms with Gasteiger partial charge in [0.25, 0.3) is 5.91 Å². The third kappa shape index (κ3) is 2.60. The number of aromatic nitrogens is 3. The number of para-hydroxylation sites is 2. The molecule has 2 heterocycles. The summed E-state index contributed by atoms with van der Waals surface area (Å²) in [6.07, 6.45) is 0. The maximum Gasteiger partial charge on any atom is 0.255 e. The third-order valence-electron chi connectivity index (χ3n) is 5.40. The van der Waals surface area contributed by atoms with Crippen molar-refractivity contribution in [2.24, 2.45) is 0 Å². The Labute approximate surface area is 171 Å². The molecule has 30 heavy (non-hydrogen) atoms. The fourth-order valence-electron chi connectivity index (χ4n) is 3.92. The van der Waals surface area contributed by atoms with Crippen molar-refractivity contribution >= 4 is 55.5 Å². The van der Waals surface area contributed by atoms with Gasteiger partial charge in [0, 0.05) is 27.5 Å². The summed E-state index contributed by atoms with van der Waals surface area (Å²) in [7, 11) is 0. The zero-order valence-electron chi connectivity index (χ0n) is 15.9. The van der Waals surface area contributed by atoms with Crippen molar-refractivity contribution < 1.29 is 4.79 Å². The van der Waals surface area contributed by atoms with Crippen LogP contribution in [0.15, 0.2) is 84.9 Å². The van der Waals surface area contributed by atoms with Crippen LogP contribution in [0.4, 0.5) is 5.69 Å². The molecular formula is C25H16N4O. The Balaban J connectivity index is 1.44. The SMILES string of the molecule is O=C(Nc1cccc2ccccc12)c1ccc2[nH]c3nc4ccccc4nc3c2c1. The molecular weight excluding hydrogens is 372 g/mol. The summed E-state index contributed by atoms with van der Waals surface area (Å²) in [4.78, 5) is 25.8. The van der Waals surface area contributed by atoms with Gasteiger partial charge in [-0.25, -0.2) is 9.97 Å². The number of nitrogens with one attached hydrogen (secondary N) is 2. The summed E-state index contributed by atoms with van der Waals surface area (Å²) in [5, 5.41) is 6.03. The number of amides is 1. The summed E-state index contributed by atoms with van der Waals surface area (Å²) < 4.78 is 0. The number of H-pyrrole nitrogens is 1. The molecule has 5 nitrogen and oxygen atoms in total. The van der Waals surface area contributed by atoms with E-state index in [9.17, 15) is 4.79 Å². The van der Waals surface area contributed by atoms with E-state index in [4.69, 9.17) is 4.98 Å². The van der Waals surface area contributed by atoms with Gasteiger partial charge >= 0.3 is 0 Å². The smallest absolute Gasteiger partial charge is 0.255 e. The summed E-state index contributed by atoms with van der Waals surface area (Å²) in [6.45, 7) is 0. The van der Waals surface area contributed by atoms with E-state index in [0.29, 0.717) is 5.56 Å². The fraction of sp³-hybridized carbons (Fsp3) is 0. The molecule has 6 aromatic rings. The minimum Gasteiger partial charge on any atom is -0.338 e. The maximum absolute atomic E-state index is 13.0. The highest BCUT2D eigenvalue weighted by Gasteiger charge is 2.13. The zero-order valence-corrected chi connectivity index (χ0v) is 15.9. The minimum absolute atomic E-state index is 0.156. The van der Waals surface area contributed by atoms with E-state index in [1.807, 2.05) is 84.9 Å². The zero-order chi connectivity index (χ0) is 20.1. The van der Waals surface area contributed by atoms with Crippen LogP contribution >= 0.6 is 0 Å². The van der Waals surface area contributed by atoms with Crippen LogP contribution in [0.5, 0.6) is 0 Å². The molecule has 0 atom stereocenters. The second-order valence-electron chi connectivity index (χ2n) is 7.28. The molecule has 5 heteroatoms. The Bertz CT molecular complexity index is 1590. The van der Waals surface area contributed by atoms with Crippen molar-refractivity contribution in [1.82, 2.24) is 15.0 Å². The molecule has 0 saturated carbocycles. The van der Waals surface area contributed by atoms with Crippen molar-refractivity contribution in [3.63, 3.8) is 0 Å². The Morgan fingerprint density at radius 3 is 2.43 bits per heavy atom. The van der Waals surface area contributed by atoms with Gasteiger partial charge < -0.3 is 10.3 Å². The van der Waals surface area contributed by atoms with Crippen LogP contribution in [-0.2, 0) is 0 Å². The Morgan fingerprint density at radius 1 is 0.767 bits per heavy atom. The van der Waals surface area contributed by atoms with E-state index < -0.39 is 0 Å². The summed E-state index contributed by atoms with van der Waals surface area (Å²) in [5.74, 6) is -0.156. The summed E-state index contributed by atoms with van der Waals surface area (Å²) >= 11 is 0. The van der Waals surface area contributed by atoms with Crippen LogP contribution < -0.4 is 5.32 Å². The molecule has 0 bridgehead atoms. The molecule has 0 aliphatic carbocycles. The van der Waals surface area contributed by atoms with Crippen molar-refractivity contribution in [1.29, 1.82) is 0 Å². The lowest BCUT2D eigenvalue weighted by atomic mass is 10.1. The van der Waals surface area contributed by atoms with Crippen LogP contribution in [-0.4, -0.2) is 20.9 Å². The molecule has 0 aliphatic heterocycles. The molecule has 0 saturated heterocycles. The lowest BCUT2D eigenvalue weighted by Crippen LogP contribution is -2.12. The number of hydrogen-bond donors (Lipinski definition) is 2. The first-order chi connectivity index (χ1) is 14.8. The fourth-order valence-corrected chi connectivity index (χ4v) is 3.92. The highest BCUT2D eigenvalue weighted by molar-refractivity contribution is 6.13. The van der Waals surface area contributed by atoms with Gasteiger partial charge in [-0.15, -0.1) is 0 Å². The van der Waals surface area contributed by atoms with Crippen LogP contribution in [0.3, 0.4) is 0 Å². The van der Waals surface area contributed by atoms with Crippen LogP contribution in [0.1, 0.15) is 10.4 Å². The topological polar surface area (TPSA) is 70.7 Å². The Morgan fingerprint density at radius 2 is 1.53 bits per heavy atom. The quantitative estimate of drug-likeness (QED) is 0.401. The van der Waals surface area contributed by atoms with Gasteiger partial charge in [-0.2, -0.15) is 0 Å². The van der Waals surface area contributed by atoms with Gasteiger partial charge in [0.2, 0.25) is 0 Å². The number of aromatic amines is 1. The molecule has 0 spiro atoms. The van der Waals surface area contributed by atoms with Gasteiger partial charge in [-0.05, 0) is 41.8 Å². The van der Waals surface area contributed by atoms with Gasteiger partial charge in [0.1, 0.15) is 5.52 Å². The second-order valence-corrected chi connectivity index (χ2v) is 7.28. The molecule has 2 aromatic heterocycles. The predicted octanol–water partition coefficient (Wildman–Crippen LogP) is 5.67. The van der Waals surface area contributed by atoms with Gasteiger partial charge in [0.05, 0.1) is 11.0 Å². The van der Waals surface area contributed by atoms with E-state index in [1.165, 1.54) is 0 Å². The average molecular weight is 388 g/mol. The lowest BCUT2D eigenvalue weighted by molar-refractivity contribution is 0.102. The molecule has 142 valence electrons. The van der Waals surface area contributed by atoms with Crippen molar-refractivity contribution in [3.05, 3.63) is 90.5 Å².